The highest BCUT2D eigenvalue weighted by Crippen LogP contribution is 2.50. The van der Waals surface area contributed by atoms with Gasteiger partial charge in [0.15, 0.2) is 11.6 Å². The lowest BCUT2D eigenvalue weighted by Crippen LogP contribution is -2.12. The van der Waals surface area contributed by atoms with Crippen molar-refractivity contribution >= 4 is 33.1 Å². The van der Waals surface area contributed by atoms with Crippen LogP contribution in [-0.2, 0) is 0 Å². The second-order valence-electron chi connectivity index (χ2n) is 9.53. The maximum Gasteiger partial charge on any atom is 0.194 e. The second-order valence-corrected chi connectivity index (χ2v) is 9.53. The van der Waals surface area contributed by atoms with Crippen LogP contribution in [0.15, 0.2) is 109 Å². The Kier molecular flexibility index (Phi) is 3.72. The summed E-state index contributed by atoms with van der Waals surface area (Å²) in [6.45, 7) is 0. The molecule has 0 heterocycles. The van der Waals surface area contributed by atoms with Crippen LogP contribution in [0.2, 0.25) is 0 Å². The van der Waals surface area contributed by atoms with Crippen molar-refractivity contribution in [2.24, 2.45) is 0 Å². The second kappa shape index (κ2) is 6.87. The van der Waals surface area contributed by atoms with Gasteiger partial charge in [0.25, 0.3) is 0 Å². The van der Waals surface area contributed by atoms with E-state index in [4.69, 9.17) is 0 Å². The zero-order valence-corrected chi connectivity index (χ0v) is 19.2. The van der Waals surface area contributed by atoms with Crippen LogP contribution in [0.1, 0.15) is 31.8 Å². The third-order valence-corrected chi connectivity index (χ3v) is 7.75. The average molecular weight is 459 g/mol. The maximum atomic E-state index is 13.5. The van der Waals surface area contributed by atoms with Crippen molar-refractivity contribution in [1.82, 2.24) is 0 Å². The summed E-state index contributed by atoms with van der Waals surface area (Å²) in [7, 11) is 0. The van der Waals surface area contributed by atoms with Crippen molar-refractivity contribution in [1.29, 1.82) is 0 Å². The smallest absolute Gasteiger partial charge is 0.194 e. The van der Waals surface area contributed by atoms with Crippen LogP contribution in [0.5, 0.6) is 0 Å². The van der Waals surface area contributed by atoms with Crippen molar-refractivity contribution < 1.29 is 9.59 Å². The minimum Gasteiger partial charge on any atom is -0.289 e. The van der Waals surface area contributed by atoms with Gasteiger partial charge in [0.1, 0.15) is 0 Å². The fourth-order valence-corrected chi connectivity index (χ4v) is 6.23. The zero-order chi connectivity index (χ0) is 24.0. The van der Waals surface area contributed by atoms with Crippen molar-refractivity contribution in [3.8, 4) is 33.4 Å². The first-order valence-electron chi connectivity index (χ1n) is 12.1. The summed E-state index contributed by atoms with van der Waals surface area (Å²) in [5.74, 6) is 0.137. The quantitative estimate of drug-likeness (QED) is 0.249. The van der Waals surface area contributed by atoms with E-state index in [1.165, 1.54) is 0 Å². The molecule has 2 nitrogen and oxygen atoms in total. The van der Waals surface area contributed by atoms with Crippen molar-refractivity contribution in [3.05, 3.63) is 131 Å². The van der Waals surface area contributed by atoms with Gasteiger partial charge in [0.05, 0.1) is 0 Å². The van der Waals surface area contributed by atoms with Crippen molar-refractivity contribution in [3.63, 3.8) is 0 Å². The molecule has 166 valence electrons. The Balaban J connectivity index is 1.58. The molecular weight excluding hydrogens is 440 g/mol. The minimum atomic E-state index is 0.0685. The molecule has 8 rings (SSSR count). The van der Waals surface area contributed by atoms with Gasteiger partial charge >= 0.3 is 0 Å². The highest BCUT2D eigenvalue weighted by molar-refractivity contribution is 6.30. The van der Waals surface area contributed by atoms with E-state index in [0.29, 0.717) is 0 Å². The van der Waals surface area contributed by atoms with Gasteiger partial charge in [0.2, 0.25) is 0 Å². The monoisotopic (exact) mass is 458 g/mol. The number of fused-ring (bicyclic) bond motifs is 4. The van der Waals surface area contributed by atoms with E-state index in [0.717, 1.165) is 77.2 Å². The molecule has 0 atom stereocenters. The summed E-state index contributed by atoms with van der Waals surface area (Å²) in [6, 6.07) is 36.3. The van der Waals surface area contributed by atoms with Gasteiger partial charge in [-0.15, -0.1) is 0 Å². The fourth-order valence-electron chi connectivity index (χ4n) is 6.23. The van der Waals surface area contributed by atoms with Crippen LogP contribution >= 0.6 is 0 Å². The molecule has 0 amide bonds. The Morgan fingerprint density at radius 1 is 0.306 bits per heavy atom. The molecule has 2 aliphatic carbocycles. The molecule has 0 fully saturated rings. The van der Waals surface area contributed by atoms with Gasteiger partial charge in [-0.2, -0.15) is 0 Å². The average Bonchev–Trinajstić information content (AvgIpc) is 2.94. The molecule has 0 saturated carbocycles. The third kappa shape index (κ3) is 2.36. The molecule has 2 aliphatic rings. The first-order valence-corrected chi connectivity index (χ1v) is 12.1. The lowest BCUT2D eigenvalue weighted by molar-refractivity contribution is 0.103. The van der Waals surface area contributed by atoms with E-state index in [9.17, 15) is 9.59 Å². The number of rotatable bonds is 1. The minimum absolute atomic E-state index is 0.0685. The molecule has 0 radical (unpaired) electrons. The normalized spacial score (nSPS) is 13.1. The number of hydrogen-bond donors (Lipinski definition) is 0. The third-order valence-electron chi connectivity index (χ3n) is 7.75. The van der Waals surface area contributed by atoms with Crippen LogP contribution in [0.4, 0.5) is 0 Å². The van der Waals surface area contributed by atoms with Crippen LogP contribution in [0.25, 0.3) is 54.9 Å². The number of carbonyl (C=O) groups is 2. The highest BCUT2D eigenvalue weighted by Gasteiger charge is 2.31. The van der Waals surface area contributed by atoms with E-state index in [1.807, 2.05) is 60.7 Å². The summed E-state index contributed by atoms with van der Waals surface area (Å²) in [5, 5.41) is 4.11. The SMILES string of the molecule is O=C1c2ccccc2-c2c(-c3ccc4cccc5c4c3-c3ccccc3C5=O)ccc3cccc1c23. The van der Waals surface area contributed by atoms with Gasteiger partial charge in [-0.1, -0.05) is 109 Å². The maximum absolute atomic E-state index is 13.5. The Bertz CT molecular complexity index is 1830. The zero-order valence-electron chi connectivity index (χ0n) is 19.2. The summed E-state index contributed by atoms with van der Waals surface area (Å²) in [5.41, 5.74) is 9.19. The van der Waals surface area contributed by atoms with Crippen LogP contribution in [0.3, 0.4) is 0 Å². The summed E-state index contributed by atoms with van der Waals surface area (Å²) >= 11 is 0. The van der Waals surface area contributed by atoms with E-state index in [1.54, 1.807) is 0 Å². The van der Waals surface area contributed by atoms with Gasteiger partial charge in [-0.3, -0.25) is 9.59 Å². The van der Waals surface area contributed by atoms with E-state index < -0.39 is 0 Å². The summed E-state index contributed by atoms with van der Waals surface area (Å²) < 4.78 is 0. The Morgan fingerprint density at radius 2 is 0.694 bits per heavy atom. The van der Waals surface area contributed by atoms with Crippen LogP contribution in [0, 0.1) is 0 Å². The fraction of sp³-hybridized carbons (Fsp3) is 0. The van der Waals surface area contributed by atoms with E-state index in [-0.39, 0.29) is 11.6 Å². The van der Waals surface area contributed by atoms with Crippen molar-refractivity contribution in [2.45, 2.75) is 0 Å². The molecule has 0 aromatic heterocycles. The first kappa shape index (κ1) is 19.5. The molecule has 0 aliphatic heterocycles. The molecule has 0 unspecified atom stereocenters. The molecule has 2 heteroatoms. The molecule has 6 aromatic rings. The van der Waals surface area contributed by atoms with Crippen LogP contribution < -0.4 is 0 Å². The molecule has 6 aromatic carbocycles. The summed E-state index contributed by atoms with van der Waals surface area (Å²) in [4.78, 5) is 26.9. The van der Waals surface area contributed by atoms with Crippen LogP contribution in [-0.4, -0.2) is 11.6 Å². The predicted octanol–water partition coefficient (Wildman–Crippen LogP) is 8.08. The van der Waals surface area contributed by atoms with Gasteiger partial charge < -0.3 is 0 Å². The van der Waals surface area contributed by atoms with Gasteiger partial charge in [-0.25, -0.2) is 0 Å². The Morgan fingerprint density at radius 3 is 1.14 bits per heavy atom. The Labute approximate surface area is 207 Å². The van der Waals surface area contributed by atoms with Crippen molar-refractivity contribution in [2.75, 3.05) is 0 Å². The van der Waals surface area contributed by atoms with Gasteiger partial charge in [-0.05, 0) is 44.2 Å². The molecule has 0 spiro atoms. The number of hydrogen-bond acceptors (Lipinski definition) is 2. The first-order chi connectivity index (χ1) is 17.7. The van der Waals surface area contributed by atoms with E-state index >= 15 is 0 Å². The highest BCUT2D eigenvalue weighted by atomic mass is 16.1. The number of benzene rings is 6. The van der Waals surface area contributed by atoms with E-state index in [2.05, 4.69) is 48.5 Å². The molecular formula is C34H18O2. The number of ketones is 2. The summed E-state index contributed by atoms with van der Waals surface area (Å²) in [6.07, 6.45) is 0. The standard InChI is InChI=1S/C34H18O2/c35-33-25-11-3-1-9-21(25)31-23(17-15-19-7-5-13-27(33)29(19)31)24-18-16-20-8-6-14-28-30(20)32(24)22-10-2-4-12-26(22)34(28)36/h1-18H. The molecule has 36 heavy (non-hydrogen) atoms. The lowest BCUT2D eigenvalue weighted by Gasteiger charge is -2.26. The Hall–Kier alpha value is -4.82. The largest absolute Gasteiger partial charge is 0.289 e. The molecule has 0 N–H and O–H groups in total. The molecule has 0 saturated heterocycles. The van der Waals surface area contributed by atoms with Gasteiger partial charge in [0, 0.05) is 33.0 Å². The number of carbonyl (C=O) groups excluding carboxylic acids is 2. The topological polar surface area (TPSA) is 34.1 Å². The lowest BCUT2D eigenvalue weighted by atomic mass is 9.75. The molecule has 0 bridgehead atoms. The predicted molar refractivity (Wildman–Crippen MR) is 145 cm³/mol.